The Kier molecular flexibility index (Phi) is 5.36. The standard InChI is InChI=1S/C23H22N2O3S/c26-23(24-22-15-7-9-17-8-4-5-14-21(17)22)18-10-6-13-20(16-18)29(27,28)25-19-11-2-1-3-12-19/h1-6,8,10-14,16,22,25H,7,9,15H2,(H,24,26). The summed E-state index contributed by atoms with van der Waals surface area (Å²) >= 11 is 0. The minimum atomic E-state index is -3.78. The van der Waals surface area contributed by atoms with Crippen LogP contribution in [0.25, 0.3) is 0 Å². The van der Waals surface area contributed by atoms with Crippen molar-refractivity contribution < 1.29 is 13.2 Å². The van der Waals surface area contributed by atoms with Gasteiger partial charge in [-0.25, -0.2) is 8.42 Å². The Bertz CT molecular complexity index is 1130. The molecule has 5 nitrogen and oxygen atoms in total. The van der Waals surface area contributed by atoms with Gasteiger partial charge >= 0.3 is 0 Å². The summed E-state index contributed by atoms with van der Waals surface area (Å²) < 4.78 is 27.9. The maximum Gasteiger partial charge on any atom is 0.261 e. The van der Waals surface area contributed by atoms with Gasteiger partial charge in [0, 0.05) is 11.3 Å². The Morgan fingerprint density at radius 2 is 1.66 bits per heavy atom. The molecule has 6 heteroatoms. The van der Waals surface area contributed by atoms with Crippen LogP contribution in [0, 0.1) is 0 Å². The van der Waals surface area contributed by atoms with E-state index >= 15 is 0 Å². The maximum atomic E-state index is 12.8. The number of aryl methyl sites for hydroxylation is 1. The molecule has 148 valence electrons. The molecular formula is C23H22N2O3S. The summed E-state index contributed by atoms with van der Waals surface area (Å²) in [4.78, 5) is 12.9. The van der Waals surface area contributed by atoms with Gasteiger partial charge in [0.15, 0.2) is 0 Å². The third-order valence-corrected chi connectivity index (χ3v) is 6.49. The van der Waals surface area contributed by atoms with Crippen molar-refractivity contribution in [3.63, 3.8) is 0 Å². The average molecular weight is 407 g/mol. The molecular weight excluding hydrogens is 384 g/mol. The number of amides is 1. The quantitative estimate of drug-likeness (QED) is 0.664. The van der Waals surface area contributed by atoms with E-state index < -0.39 is 10.0 Å². The molecule has 0 radical (unpaired) electrons. The number of rotatable bonds is 5. The van der Waals surface area contributed by atoms with Crippen molar-refractivity contribution in [2.24, 2.45) is 0 Å². The molecule has 0 aliphatic heterocycles. The summed E-state index contributed by atoms with van der Waals surface area (Å²) in [6.07, 6.45) is 2.90. The summed E-state index contributed by atoms with van der Waals surface area (Å²) in [5.74, 6) is -0.275. The summed E-state index contributed by atoms with van der Waals surface area (Å²) in [7, 11) is -3.78. The average Bonchev–Trinajstić information content (AvgIpc) is 2.74. The molecule has 4 rings (SSSR count). The number of benzene rings is 3. The SMILES string of the molecule is O=C(NC1CCCc2ccccc21)c1cccc(S(=O)(=O)Nc2ccccc2)c1. The highest BCUT2D eigenvalue weighted by atomic mass is 32.2. The number of hydrogen-bond donors (Lipinski definition) is 2. The summed E-state index contributed by atoms with van der Waals surface area (Å²) in [5.41, 5.74) is 3.19. The predicted molar refractivity (Wildman–Crippen MR) is 113 cm³/mol. The van der Waals surface area contributed by atoms with E-state index in [2.05, 4.69) is 16.1 Å². The molecule has 3 aromatic rings. The van der Waals surface area contributed by atoms with Gasteiger partial charge in [0.05, 0.1) is 10.9 Å². The minimum Gasteiger partial charge on any atom is -0.345 e. The van der Waals surface area contributed by atoms with Crippen LogP contribution in [0.2, 0.25) is 0 Å². The second-order valence-corrected chi connectivity index (χ2v) is 8.80. The van der Waals surface area contributed by atoms with Crippen molar-refractivity contribution in [2.75, 3.05) is 4.72 Å². The molecule has 0 saturated heterocycles. The topological polar surface area (TPSA) is 75.3 Å². The fourth-order valence-corrected chi connectivity index (χ4v) is 4.77. The first-order valence-corrected chi connectivity index (χ1v) is 11.1. The molecule has 0 saturated carbocycles. The zero-order valence-corrected chi connectivity index (χ0v) is 16.7. The van der Waals surface area contributed by atoms with E-state index in [0.29, 0.717) is 11.3 Å². The van der Waals surface area contributed by atoms with Crippen LogP contribution >= 0.6 is 0 Å². The number of carbonyl (C=O) groups is 1. The van der Waals surface area contributed by atoms with Gasteiger partial charge in [0.2, 0.25) is 0 Å². The van der Waals surface area contributed by atoms with E-state index in [-0.39, 0.29) is 16.8 Å². The lowest BCUT2D eigenvalue weighted by Crippen LogP contribution is -2.31. The van der Waals surface area contributed by atoms with E-state index in [1.165, 1.54) is 17.7 Å². The second-order valence-electron chi connectivity index (χ2n) is 7.12. The molecule has 0 bridgehead atoms. The first-order chi connectivity index (χ1) is 14.0. The Labute approximate surface area is 170 Å². The van der Waals surface area contributed by atoms with Crippen LogP contribution in [0.4, 0.5) is 5.69 Å². The van der Waals surface area contributed by atoms with E-state index in [9.17, 15) is 13.2 Å². The summed E-state index contributed by atoms with van der Waals surface area (Å²) in [5, 5.41) is 3.07. The number of carbonyl (C=O) groups excluding carboxylic acids is 1. The smallest absolute Gasteiger partial charge is 0.261 e. The Morgan fingerprint density at radius 1 is 0.897 bits per heavy atom. The molecule has 3 aromatic carbocycles. The van der Waals surface area contributed by atoms with Gasteiger partial charge in [-0.3, -0.25) is 9.52 Å². The van der Waals surface area contributed by atoms with Crippen LogP contribution in [-0.2, 0) is 16.4 Å². The maximum absolute atomic E-state index is 12.8. The van der Waals surface area contributed by atoms with Crippen LogP contribution in [-0.4, -0.2) is 14.3 Å². The zero-order valence-electron chi connectivity index (χ0n) is 15.8. The highest BCUT2D eigenvalue weighted by Crippen LogP contribution is 2.29. The molecule has 0 fully saturated rings. The highest BCUT2D eigenvalue weighted by Gasteiger charge is 2.23. The fraction of sp³-hybridized carbons (Fsp3) is 0.174. The molecule has 0 aromatic heterocycles. The Morgan fingerprint density at radius 3 is 2.48 bits per heavy atom. The van der Waals surface area contributed by atoms with Gasteiger partial charge in [0.1, 0.15) is 0 Å². The first kappa shape index (κ1) is 19.2. The van der Waals surface area contributed by atoms with Gasteiger partial charge in [-0.1, -0.05) is 48.5 Å². The van der Waals surface area contributed by atoms with E-state index in [1.54, 1.807) is 36.4 Å². The van der Waals surface area contributed by atoms with Gasteiger partial charge in [-0.15, -0.1) is 0 Å². The van der Waals surface area contributed by atoms with Crippen molar-refractivity contribution >= 4 is 21.6 Å². The fourth-order valence-electron chi connectivity index (χ4n) is 3.67. The molecule has 29 heavy (non-hydrogen) atoms. The van der Waals surface area contributed by atoms with Crippen molar-refractivity contribution in [1.82, 2.24) is 5.32 Å². The number of anilines is 1. The largest absolute Gasteiger partial charge is 0.345 e. The molecule has 0 heterocycles. The van der Waals surface area contributed by atoms with Crippen LogP contribution < -0.4 is 10.0 Å². The Hall–Kier alpha value is -3.12. The lowest BCUT2D eigenvalue weighted by molar-refractivity contribution is 0.0932. The van der Waals surface area contributed by atoms with Crippen LogP contribution in [0.15, 0.2) is 83.8 Å². The molecule has 1 unspecified atom stereocenters. The number of hydrogen-bond acceptors (Lipinski definition) is 3. The lowest BCUT2D eigenvalue weighted by atomic mass is 9.87. The number of para-hydroxylation sites is 1. The van der Waals surface area contributed by atoms with Gasteiger partial charge in [0.25, 0.3) is 15.9 Å². The minimum absolute atomic E-state index is 0.0537. The molecule has 1 aliphatic carbocycles. The van der Waals surface area contributed by atoms with Crippen molar-refractivity contribution in [1.29, 1.82) is 0 Å². The normalized spacial score (nSPS) is 15.9. The van der Waals surface area contributed by atoms with Gasteiger partial charge < -0.3 is 5.32 Å². The predicted octanol–water partition coefficient (Wildman–Crippen LogP) is 4.29. The van der Waals surface area contributed by atoms with Crippen LogP contribution in [0.3, 0.4) is 0 Å². The lowest BCUT2D eigenvalue weighted by Gasteiger charge is -2.26. The Balaban J connectivity index is 1.54. The van der Waals surface area contributed by atoms with E-state index in [0.717, 1.165) is 24.8 Å². The molecule has 0 spiro atoms. The number of fused-ring (bicyclic) bond motifs is 1. The van der Waals surface area contributed by atoms with Crippen LogP contribution in [0.5, 0.6) is 0 Å². The van der Waals surface area contributed by atoms with E-state index in [1.807, 2.05) is 24.3 Å². The van der Waals surface area contributed by atoms with Gasteiger partial charge in [-0.05, 0) is 60.7 Å². The summed E-state index contributed by atoms with van der Waals surface area (Å²) in [6.45, 7) is 0. The second kappa shape index (κ2) is 8.09. The molecule has 2 N–H and O–H groups in total. The molecule has 1 aliphatic rings. The van der Waals surface area contributed by atoms with Crippen molar-refractivity contribution in [2.45, 2.75) is 30.2 Å². The molecule has 1 atom stereocenters. The summed E-state index contributed by atoms with van der Waals surface area (Å²) in [6, 6.07) is 22.9. The third-order valence-electron chi connectivity index (χ3n) is 5.11. The van der Waals surface area contributed by atoms with Crippen LogP contribution in [0.1, 0.15) is 40.4 Å². The zero-order chi connectivity index (χ0) is 20.3. The third kappa shape index (κ3) is 4.32. The van der Waals surface area contributed by atoms with Crippen molar-refractivity contribution in [3.8, 4) is 0 Å². The highest BCUT2D eigenvalue weighted by molar-refractivity contribution is 7.92. The van der Waals surface area contributed by atoms with E-state index in [4.69, 9.17) is 0 Å². The first-order valence-electron chi connectivity index (χ1n) is 9.59. The monoisotopic (exact) mass is 406 g/mol. The molecule has 1 amide bonds. The number of nitrogens with one attached hydrogen (secondary N) is 2. The van der Waals surface area contributed by atoms with Crippen molar-refractivity contribution in [3.05, 3.63) is 95.6 Å². The number of sulfonamides is 1. The van der Waals surface area contributed by atoms with Gasteiger partial charge in [-0.2, -0.15) is 0 Å².